The van der Waals surface area contributed by atoms with E-state index >= 15 is 0 Å². The van der Waals surface area contributed by atoms with Gasteiger partial charge in [-0.1, -0.05) is 12.1 Å². The van der Waals surface area contributed by atoms with Crippen LogP contribution in [0.3, 0.4) is 0 Å². The van der Waals surface area contributed by atoms with Crippen molar-refractivity contribution in [2.75, 3.05) is 13.1 Å². The van der Waals surface area contributed by atoms with Crippen LogP contribution in [0.1, 0.15) is 29.8 Å². The molecule has 0 radical (unpaired) electrons. The standard InChI is InChI=1S/C14H19NO3/c1-10-7-15(8-11(2)18-10)9-12-3-5-13(6-4-12)14(16)17/h3-6,10-11H,7-9H2,1-2H3,(H,16,17)/t10-,11+. The summed E-state index contributed by atoms with van der Waals surface area (Å²) in [6.07, 6.45) is 0.513. The van der Waals surface area contributed by atoms with Crippen LogP contribution in [0.25, 0.3) is 0 Å². The molecule has 1 fully saturated rings. The minimum Gasteiger partial charge on any atom is -0.478 e. The zero-order chi connectivity index (χ0) is 13.1. The number of morpholine rings is 1. The predicted octanol–water partition coefficient (Wildman–Crippen LogP) is 1.99. The van der Waals surface area contributed by atoms with Crippen LogP contribution in [-0.4, -0.2) is 41.3 Å². The second-order valence-corrected chi connectivity index (χ2v) is 4.95. The van der Waals surface area contributed by atoms with E-state index in [-0.39, 0.29) is 12.2 Å². The Labute approximate surface area is 107 Å². The first-order chi connectivity index (χ1) is 8.54. The minimum absolute atomic E-state index is 0.257. The van der Waals surface area contributed by atoms with Crippen molar-refractivity contribution >= 4 is 5.97 Å². The number of aromatic carboxylic acids is 1. The summed E-state index contributed by atoms with van der Waals surface area (Å²) in [5.74, 6) is -0.879. The Morgan fingerprint density at radius 1 is 1.28 bits per heavy atom. The monoisotopic (exact) mass is 249 g/mol. The van der Waals surface area contributed by atoms with Crippen molar-refractivity contribution in [2.45, 2.75) is 32.6 Å². The average Bonchev–Trinajstić information content (AvgIpc) is 2.28. The van der Waals surface area contributed by atoms with E-state index in [1.807, 2.05) is 12.1 Å². The van der Waals surface area contributed by atoms with Crippen LogP contribution in [-0.2, 0) is 11.3 Å². The van der Waals surface area contributed by atoms with Gasteiger partial charge in [-0.2, -0.15) is 0 Å². The maximum Gasteiger partial charge on any atom is 0.335 e. The van der Waals surface area contributed by atoms with Crippen molar-refractivity contribution in [3.05, 3.63) is 35.4 Å². The van der Waals surface area contributed by atoms with Gasteiger partial charge in [0.2, 0.25) is 0 Å². The van der Waals surface area contributed by atoms with Crippen LogP contribution >= 0.6 is 0 Å². The van der Waals surface area contributed by atoms with E-state index in [4.69, 9.17) is 9.84 Å². The van der Waals surface area contributed by atoms with Crippen molar-refractivity contribution in [3.8, 4) is 0 Å². The molecule has 1 aromatic rings. The van der Waals surface area contributed by atoms with Crippen molar-refractivity contribution in [1.82, 2.24) is 4.90 Å². The molecule has 1 aliphatic heterocycles. The molecule has 0 saturated carbocycles. The zero-order valence-electron chi connectivity index (χ0n) is 10.8. The lowest BCUT2D eigenvalue weighted by atomic mass is 10.1. The first-order valence-electron chi connectivity index (χ1n) is 6.24. The third-order valence-corrected chi connectivity index (χ3v) is 3.10. The molecule has 0 amide bonds. The molecular formula is C14H19NO3. The lowest BCUT2D eigenvalue weighted by molar-refractivity contribution is -0.0704. The van der Waals surface area contributed by atoms with E-state index in [0.29, 0.717) is 5.56 Å². The molecule has 1 N–H and O–H groups in total. The summed E-state index contributed by atoms with van der Waals surface area (Å²) in [6, 6.07) is 7.08. The van der Waals surface area contributed by atoms with Crippen LogP contribution in [0.4, 0.5) is 0 Å². The molecule has 1 heterocycles. The summed E-state index contributed by atoms with van der Waals surface area (Å²) < 4.78 is 5.69. The normalized spacial score (nSPS) is 25.0. The molecule has 2 atom stereocenters. The van der Waals surface area contributed by atoms with Crippen molar-refractivity contribution in [2.24, 2.45) is 0 Å². The van der Waals surface area contributed by atoms with Gasteiger partial charge in [-0.25, -0.2) is 4.79 Å². The molecule has 0 aliphatic carbocycles. The van der Waals surface area contributed by atoms with Crippen molar-refractivity contribution < 1.29 is 14.6 Å². The summed E-state index contributed by atoms with van der Waals surface area (Å²) in [5.41, 5.74) is 1.48. The van der Waals surface area contributed by atoms with Crippen LogP contribution < -0.4 is 0 Å². The molecule has 4 heteroatoms. The Balaban J connectivity index is 1.98. The maximum absolute atomic E-state index is 10.8. The van der Waals surface area contributed by atoms with E-state index in [0.717, 1.165) is 25.2 Å². The molecule has 1 aliphatic rings. The van der Waals surface area contributed by atoms with Gasteiger partial charge in [0.1, 0.15) is 0 Å². The number of rotatable bonds is 3. The second-order valence-electron chi connectivity index (χ2n) is 4.95. The number of hydrogen-bond donors (Lipinski definition) is 1. The van der Waals surface area contributed by atoms with Gasteiger partial charge in [0, 0.05) is 19.6 Å². The highest BCUT2D eigenvalue weighted by molar-refractivity contribution is 5.87. The van der Waals surface area contributed by atoms with Gasteiger partial charge in [0.25, 0.3) is 0 Å². The number of benzene rings is 1. The predicted molar refractivity (Wildman–Crippen MR) is 68.7 cm³/mol. The fourth-order valence-electron chi connectivity index (χ4n) is 2.42. The van der Waals surface area contributed by atoms with Gasteiger partial charge in [0.05, 0.1) is 17.8 Å². The molecule has 1 saturated heterocycles. The Hall–Kier alpha value is -1.39. The van der Waals surface area contributed by atoms with Crippen LogP contribution in [0.2, 0.25) is 0 Å². The third kappa shape index (κ3) is 3.31. The highest BCUT2D eigenvalue weighted by atomic mass is 16.5. The fraction of sp³-hybridized carbons (Fsp3) is 0.500. The SMILES string of the molecule is C[C@@H]1CN(Cc2ccc(C(=O)O)cc2)C[C@H](C)O1. The van der Waals surface area contributed by atoms with E-state index in [1.165, 1.54) is 0 Å². The molecule has 4 nitrogen and oxygen atoms in total. The van der Waals surface area contributed by atoms with Gasteiger partial charge in [0.15, 0.2) is 0 Å². The lowest BCUT2D eigenvalue weighted by Crippen LogP contribution is -2.44. The summed E-state index contributed by atoms with van der Waals surface area (Å²) in [4.78, 5) is 13.1. The zero-order valence-corrected chi connectivity index (χ0v) is 10.8. The number of carboxylic acids is 1. The van der Waals surface area contributed by atoms with E-state index in [9.17, 15) is 4.79 Å². The molecule has 0 unspecified atom stereocenters. The number of carboxylic acid groups (broad SMARTS) is 1. The van der Waals surface area contributed by atoms with Crippen LogP contribution in [0, 0.1) is 0 Å². The molecule has 98 valence electrons. The van der Waals surface area contributed by atoms with Gasteiger partial charge in [-0.15, -0.1) is 0 Å². The summed E-state index contributed by atoms with van der Waals surface area (Å²) in [6.45, 7) is 6.85. The van der Waals surface area contributed by atoms with Crippen LogP contribution in [0.5, 0.6) is 0 Å². The van der Waals surface area contributed by atoms with E-state index in [2.05, 4.69) is 18.7 Å². The van der Waals surface area contributed by atoms with Crippen molar-refractivity contribution in [3.63, 3.8) is 0 Å². The van der Waals surface area contributed by atoms with E-state index < -0.39 is 5.97 Å². The Morgan fingerprint density at radius 2 is 1.83 bits per heavy atom. The fourth-order valence-corrected chi connectivity index (χ4v) is 2.42. The highest BCUT2D eigenvalue weighted by Gasteiger charge is 2.21. The largest absolute Gasteiger partial charge is 0.478 e. The lowest BCUT2D eigenvalue weighted by Gasteiger charge is -2.35. The smallest absolute Gasteiger partial charge is 0.335 e. The highest BCUT2D eigenvalue weighted by Crippen LogP contribution is 2.14. The van der Waals surface area contributed by atoms with Gasteiger partial charge >= 0.3 is 5.97 Å². The number of hydrogen-bond acceptors (Lipinski definition) is 3. The number of ether oxygens (including phenoxy) is 1. The molecule has 1 aromatic carbocycles. The van der Waals surface area contributed by atoms with E-state index in [1.54, 1.807) is 12.1 Å². The number of nitrogens with zero attached hydrogens (tertiary/aromatic N) is 1. The minimum atomic E-state index is -0.879. The second kappa shape index (κ2) is 5.50. The average molecular weight is 249 g/mol. The van der Waals surface area contributed by atoms with Crippen LogP contribution in [0.15, 0.2) is 24.3 Å². The number of carbonyl (C=O) groups is 1. The summed E-state index contributed by atoms with van der Waals surface area (Å²) >= 11 is 0. The van der Waals surface area contributed by atoms with Crippen molar-refractivity contribution in [1.29, 1.82) is 0 Å². The molecule has 2 rings (SSSR count). The Morgan fingerprint density at radius 3 is 2.33 bits per heavy atom. The molecule has 18 heavy (non-hydrogen) atoms. The summed E-state index contributed by atoms with van der Waals surface area (Å²) in [7, 11) is 0. The molecule has 0 spiro atoms. The first kappa shape index (κ1) is 13.1. The third-order valence-electron chi connectivity index (χ3n) is 3.10. The molecule has 0 bridgehead atoms. The quantitative estimate of drug-likeness (QED) is 0.890. The molecule has 0 aromatic heterocycles. The van der Waals surface area contributed by atoms with Gasteiger partial charge in [-0.3, -0.25) is 4.90 Å². The summed E-state index contributed by atoms with van der Waals surface area (Å²) in [5, 5.41) is 8.84. The maximum atomic E-state index is 10.8. The van der Waals surface area contributed by atoms with Gasteiger partial charge in [-0.05, 0) is 31.5 Å². The van der Waals surface area contributed by atoms with Gasteiger partial charge < -0.3 is 9.84 Å². The Kier molecular flexibility index (Phi) is 3.99. The molecular weight excluding hydrogens is 230 g/mol. The first-order valence-corrected chi connectivity index (χ1v) is 6.24. The topological polar surface area (TPSA) is 49.8 Å². The Bertz CT molecular complexity index is 406.